The van der Waals surface area contributed by atoms with Crippen molar-refractivity contribution in [3.63, 3.8) is 0 Å². The molecule has 0 amide bonds. The molecule has 108 valence electrons. The molecule has 0 spiro atoms. The highest BCUT2D eigenvalue weighted by Gasteiger charge is 2.10. The van der Waals surface area contributed by atoms with Crippen LogP contribution in [-0.2, 0) is 17.8 Å². The minimum absolute atomic E-state index is 0.0477. The predicted molar refractivity (Wildman–Crippen MR) is 78.6 cm³/mol. The van der Waals surface area contributed by atoms with Gasteiger partial charge in [-0.3, -0.25) is 9.59 Å². The summed E-state index contributed by atoms with van der Waals surface area (Å²) in [6.07, 6.45) is -0.0477. The lowest BCUT2D eigenvalue weighted by Gasteiger charge is -2.12. The molecule has 1 N–H and O–H groups in total. The van der Waals surface area contributed by atoms with Crippen LogP contribution < -0.4 is 4.74 Å². The van der Waals surface area contributed by atoms with Crippen LogP contribution in [0.5, 0.6) is 5.75 Å². The second-order valence-corrected chi connectivity index (χ2v) is 4.68. The molecular formula is C17H16O4. The van der Waals surface area contributed by atoms with Crippen LogP contribution in [-0.4, -0.2) is 16.9 Å². The van der Waals surface area contributed by atoms with E-state index in [1.165, 1.54) is 6.92 Å². The number of ether oxygens (including phenoxy) is 1. The van der Waals surface area contributed by atoms with Gasteiger partial charge in [0.25, 0.3) is 0 Å². The van der Waals surface area contributed by atoms with Crippen LogP contribution in [0.15, 0.2) is 48.5 Å². The average molecular weight is 284 g/mol. The third-order valence-electron chi connectivity index (χ3n) is 3.11. The molecule has 0 saturated heterocycles. The predicted octanol–water partition coefficient (Wildman–Crippen LogP) is 3.10. The van der Waals surface area contributed by atoms with E-state index in [0.29, 0.717) is 16.9 Å². The van der Waals surface area contributed by atoms with Crippen LogP contribution in [0.3, 0.4) is 0 Å². The summed E-state index contributed by atoms with van der Waals surface area (Å²) in [5.74, 6) is -0.439. The van der Waals surface area contributed by atoms with E-state index in [9.17, 15) is 9.59 Å². The average Bonchev–Trinajstić information content (AvgIpc) is 2.46. The van der Waals surface area contributed by atoms with Crippen molar-refractivity contribution in [2.45, 2.75) is 20.0 Å². The Morgan fingerprint density at radius 2 is 1.62 bits per heavy atom. The molecule has 0 radical (unpaired) electrons. The van der Waals surface area contributed by atoms with E-state index in [1.807, 2.05) is 12.1 Å². The third kappa shape index (κ3) is 3.92. The zero-order chi connectivity index (χ0) is 15.2. The molecule has 0 aliphatic carbocycles. The Bertz CT molecular complexity index is 661. The molecule has 0 bridgehead atoms. The summed E-state index contributed by atoms with van der Waals surface area (Å²) in [4.78, 5) is 22.4. The van der Waals surface area contributed by atoms with Crippen molar-refractivity contribution in [1.82, 2.24) is 0 Å². The van der Waals surface area contributed by atoms with E-state index >= 15 is 0 Å². The Morgan fingerprint density at radius 1 is 1.00 bits per heavy atom. The number of para-hydroxylation sites is 1. The van der Waals surface area contributed by atoms with Gasteiger partial charge < -0.3 is 9.84 Å². The van der Waals surface area contributed by atoms with E-state index in [1.54, 1.807) is 36.4 Å². The van der Waals surface area contributed by atoms with Gasteiger partial charge >= 0.3 is 5.97 Å². The largest absolute Gasteiger partial charge is 0.488 e. The monoisotopic (exact) mass is 284 g/mol. The first-order valence-electron chi connectivity index (χ1n) is 6.59. The van der Waals surface area contributed by atoms with Crippen molar-refractivity contribution in [2.24, 2.45) is 0 Å². The van der Waals surface area contributed by atoms with Gasteiger partial charge in [-0.1, -0.05) is 36.4 Å². The van der Waals surface area contributed by atoms with E-state index in [-0.39, 0.29) is 18.8 Å². The summed E-state index contributed by atoms with van der Waals surface area (Å²) >= 11 is 0. The molecule has 0 atom stereocenters. The topological polar surface area (TPSA) is 63.6 Å². The van der Waals surface area contributed by atoms with Gasteiger partial charge in [0.2, 0.25) is 0 Å². The maximum Gasteiger partial charge on any atom is 0.307 e. The Morgan fingerprint density at radius 3 is 2.29 bits per heavy atom. The number of hydrogen-bond acceptors (Lipinski definition) is 3. The van der Waals surface area contributed by atoms with E-state index in [0.717, 1.165) is 5.56 Å². The van der Waals surface area contributed by atoms with Gasteiger partial charge in [-0.05, 0) is 30.2 Å². The Balaban J connectivity index is 2.17. The standard InChI is InChI=1S/C17H16O4/c1-12(18)15-8-4-5-9-16(15)21-11-14-7-3-2-6-13(14)10-17(19)20/h2-9H,10-11H2,1H3,(H,19,20). The van der Waals surface area contributed by atoms with Gasteiger partial charge in [0, 0.05) is 0 Å². The van der Waals surface area contributed by atoms with Crippen LogP contribution in [0.1, 0.15) is 28.4 Å². The number of aliphatic carboxylic acids is 1. The molecule has 21 heavy (non-hydrogen) atoms. The summed E-state index contributed by atoms with van der Waals surface area (Å²) in [6, 6.07) is 14.2. The molecule has 0 aliphatic rings. The number of Topliss-reactive ketones (excluding diaryl/α,β-unsaturated/α-hetero) is 1. The summed E-state index contributed by atoms with van der Waals surface area (Å²) in [5.41, 5.74) is 2.04. The van der Waals surface area contributed by atoms with E-state index in [4.69, 9.17) is 9.84 Å². The Kier molecular flexibility index (Phi) is 4.72. The van der Waals surface area contributed by atoms with Crippen molar-refractivity contribution < 1.29 is 19.4 Å². The van der Waals surface area contributed by atoms with Crippen molar-refractivity contribution >= 4 is 11.8 Å². The maximum absolute atomic E-state index is 11.5. The molecule has 0 aromatic heterocycles. The molecule has 0 heterocycles. The number of hydrogen-bond donors (Lipinski definition) is 1. The van der Waals surface area contributed by atoms with Gasteiger partial charge in [0.05, 0.1) is 12.0 Å². The van der Waals surface area contributed by atoms with Crippen LogP contribution in [0.25, 0.3) is 0 Å². The molecular weight excluding hydrogens is 268 g/mol. The van der Waals surface area contributed by atoms with Crippen molar-refractivity contribution in [1.29, 1.82) is 0 Å². The van der Waals surface area contributed by atoms with Crippen molar-refractivity contribution in [2.75, 3.05) is 0 Å². The molecule has 4 heteroatoms. The lowest BCUT2D eigenvalue weighted by molar-refractivity contribution is -0.136. The van der Waals surface area contributed by atoms with E-state index in [2.05, 4.69) is 0 Å². The van der Waals surface area contributed by atoms with Crippen molar-refractivity contribution in [3.8, 4) is 5.75 Å². The maximum atomic E-state index is 11.5. The van der Waals surface area contributed by atoms with E-state index < -0.39 is 5.97 Å². The van der Waals surface area contributed by atoms with Crippen LogP contribution in [0, 0.1) is 0 Å². The lowest BCUT2D eigenvalue weighted by atomic mass is 10.1. The normalized spacial score (nSPS) is 10.1. The van der Waals surface area contributed by atoms with Crippen LogP contribution in [0.4, 0.5) is 0 Å². The highest BCUT2D eigenvalue weighted by molar-refractivity contribution is 5.96. The summed E-state index contributed by atoms with van der Waals surface area (Å²) < 4.78 is 5.69. The van der Waals surface area contributed by atoms with Crippen LogP contribution >= 0.6 is 0 Å². The zero-order valence-corrected chi connectivity index (χ0v) is 11.7. The second kappa shape index (κ2) is 6.70. The molecule has 2 aromatic rings. The minimum atomic E-state index is -0.883. The number of carboxylic acids is 1. The van der Waals surface area contributed by atoms with Crippen molar-refractivity contribution in [3.05, 3.63) is 65.2 Å². The summed E-state index contributed by atoms with van der Waals surface area (Å²) in [7, 11) is 0. The summed E-state index contributed by atoms with van der Waals surface area (Å²) in [6.45, 7) is 1.72. The lowest BCUT2D eigenvalue weighted by Crippen LogP contribution is -2.07. The number of carbonyl (C=O) groups excluding carboxylic acids is 1. The van der Waals surface area contributed by atoms with Gasteiger partial charge in [-0.25, -0.2) is 0 Å². The number of rotatable bonds is 6. The molecule has 4 nitrogen and oxygen atoms in total. The number of carboxylic acid groups (broad SMARTS) is 1. The molecule has 2 aromatic carbocycles. The van der Waals surface area contributed by atoms with Gasteiger partial charge in [0.1, 0.15) is 12.4 Å². The molecule has 0 aliphatic heterocycles. The molecule has 2 rings (SSSR count). The first kappa shape index (κ1) is 14.8. The number of benzene rings is 2. The number of carbonyl (C=O) groups is 2. The quantitative estimate of drug-likeness (QED) is 0.828. The number of ketones is 1. The summed E-state index contributed by atoms with van der Waals surface area (Å²) in [5, 5.41) is 8.91. The van der Waals surface area contributed by atoms with Gasteiger partial charge in [-0.2, -0.15) is 0 Å². The fraction of sp³-hybridized carbons (Fsp3) is 0.176. The smallest absolute Gasteiger partial charge is 0.307 e. The zero-order valence-electron chi connectivity index (χ0n) is 11.7. The third-order valence-corrected chi connectivity index (χ3v) is 3.11. The first-order chi connectivity index (χ1) is 10.1. The fourth-order valence-corrected chi connectivity index (χ4v) is 2.07. The minimum Gasteiger partial charge on any atom is -0.488 e. The van der Waals surface area contributed by atoms with Crippen LogP contribution in [0.2, 0.25) is 0 Å². The SMILES string of the molecule is CC(=O)c1ccccc1OCc1ccccc1CC(=O)O. The molecule has 0 fully saturated rings. The molecule has 0 saturated carbocycles. The Labute approximate surface area is 123 Å². The highest BCUT2D eigenvalue weighted by Crippen LogP contribution is 2.21. The van der Waals surface area contributed by atoms with Gasteiger partial charge in [0.15, 0.2) is 5.78 Å². The second-order valence-electron chi connectivity index (χ2n) is 4.68. The highest BCUT2D eigenvalue weighted by atomic mass is 16.5. The first-order valence-corrected chi connectivity index (χ1v) is 6.59. The van der Waals surface area contributed by atoms with Gasteiger partial charge in [-0.15, -0.1) is 0 Å². The Hall–Kier alpha value is -2.62. The fourth-order valence-electron chi connectivity index (χ4n) is 2.07. The molecule has 0 unspecified atom stereocenters.